The average Bonchev–Trinajstić information content (AvgIpc) is 2.40. The zero-order valence-corrected chi connectivity index (χ0v) is 11.8. The van der Waals surface area contributed by atoms with Crippen molar-refractivity contribution in [2.75, 3.05) is 13.1 Å². The summed E-state index contributed by atoms with van der Waals surface area (Å²) < 4.78 is 2.15. The average molecular weight is 284 g/mol. The van der Waals surface area contributed by atoms with Crippen molar-refractivity contribution in [3.8, 4) is 0 Å². The van der Waals surface area contributed by atoms with Crippen LogP contribution in [0.25, 0.3) is 0 Å². The van der Waals surface area contributed by atoms with E-state index < -0.39 is 21.9 Å². The first-order valence-electron chi connectivity index (χ1n) is 6.72. The third-order valence-corrected chi connectivity index (χ3v) is 2.82. The molecule has 0 atom stereocenters. The molecule has 0 aliphatic heterocycles. The minimum Gasteiger partial charge on any atom is -0.315 e. The summed E-state index contributed by atoms with van der Waals surface area (Å²) in [5, 5.41) is 13.9. The monoisotopic (exact) mass is 284 g/mol. The topological polar surface area (TPSA) is 99.2 Å². The van der Waals surface area contributed by atoms with Gasteiger partial charge in [-0.25, -0.2) is 4.79 Å². The van der Waals surface area contributed by atoms with Crippen LogP contribution < -0.4 is 16.6 Å². The van der Waals surface area contributed by atoms with Crippen molar-refractivity contribution in [3.05, 3.63) is 37.1 Å². The smallest absolute Gasteiger partial charge is 0.315 e. The lowest BCUT2D eigenvalue weighted by Gasteiger charge is -2.09. The fourth-order valence-electron chi connectivity index (χ4n) is 1.85. The maximum absolute atomic E-state index is 12.1. The van der Waals surface area contributed by atoms with Crippen LogP contribution in [0.15, 0.2) is 15.8 Å². The van der Waals surface area contributed by atoms with Crippen LogP contribution in [-0.2, 0) is 13.1 Å². The Morgan fingerprint density at radius 1 is 1.20 bits per heavy atom. The summed E-state index contributed by atoms with van der Waals surface area (Å²) >= 11 is 0. The SMILES string of the molecule is CCCNCCn1c(=O)c([N+](=O)[O-])cn(CCC)c1=O. The first-order chi connectivity index (χ1) is 9.52. The molecule has 0 amide bonds. The molecule has 0 unspecified atom stereocenters. The van der Waals surface area contributed by atoms with Gasteiger partial charge in [0.15, 0.2) is 0 Å². The summed E-state index contributed by atoms with van der Waals surface area (Å²) in [6.07, 6.45) is 2.62. The predicted molar refractivity (Wildman–Crippen MR) is 75.1 cm³/mol. The highest BCUT2D eigenvalue weighted by atomic mass is 16.6. The van der Waals surface area contributed by atoms with Crippen molar-refractivity contribution in [1.29, 1.82) is 0 Å². The molecule has 20 heavy (non-hydrogen) atoms. The first-order valence-corrected chi connectivity index (χ1v) is 6.72. The minimum atomic E-state index is -0.842. The Kier molecular flexibility index (Phi) is 6.10. The molecule has 0 aliphatic rings. The van der Waals surface area contributed by atoms with Gasteiger partial charge in [0.2, 0.25) is 0 Å². The van der Waals surface area contributed by atoms with Crippen molar-refractivity contribution in [2.45, 2.75) is 39.8 Å². The maximum Gasteiger partial charge on any atom is 0.350 e. The lowest BCUT2D eigenvalue weighted by Crippen LogP contribution is -2.42. The maximum atomic E-state index is 12.1. The number of nitrogens with one attached hydrogen (secondary N) is 1. The molecule has 0 saturated carbocycles. The summed E-state index contributed by atoms with van der Waals surface area (Å²) in [4.78, 5) is 34.2. The fourth-order valence-corrected chi connectivity index (χ4v) is 1.85. The van der Waals surface area contributed by atoms with Gasteiger partial charge in [0, 0.05) is 19.6 Å². The molecule has 0 saturated heterocycles. The highest BCUT2D eigenvalue weighted by Gasteiger charge is 2.19. The number of aryl methyl sites for hydroxylation is 1. The van der Waals surface area contributed by atoms with E-state index in [0.29, 0.717) is 19.5 Å². The summed E-state index contributed by atoms with van der Waals surface area (Å²) in [6.45, 7) is 5.53. The zero-order valence-electron chi connectivity index (χ0n) is 11.8. The first kappa shape index (κ1) is 16.1. The molecule has 1 heterocycles. The van der Waals surface area contributed by atoms with E-state index in [1.54, 1.807) is 0 Å². The second-order valence-electron chi connectivity index (χ2n) is 4.45. The second kappa shape index (κ2) is 7.59. The van der Waals surface area contributed by atoms with E-state index in [2.05, 4.69) is 5.32 Å². The summed E-state index contributed by atoms with van der Waals surface area (Å²) in [5.41, 5.74) is -1.90. The molecular weight excluding hydrogens is 264 g/mol. The number of nitro groups is 1. The van der Waals surface area contributed by atoms with E-state index >= 15 is 0 Å². The Morgan fingerprint density at radius 3 is 2.45 bits per heavy atom. The highest BCUT2D eigenvalue weighted by Crippen LogP contribution is 2.01. The molecule has 0 aliphatic carbocycles. The van der Waals surface area contributed by atoms with Crippen molar-refractivity contribution in [3.63, 3.8) is 0 Å². The van der Waals surface area contributed by atoms with Crippen LogP contribution >= 0.6 is 0 Å². The molecule has 8 nitrogen and oxygen atoms in total. The van der Waals surface area contributed by atoms with Gasteiger partial charge in [-0.1, -0.05) is 13.8 Å². The quantitative estimate of drug-likeness (QED) is 0.421. The summed E-state index contributed by atoms with van der Waals surface area (Å²) in [5.74, 6) is 0. The zero-order chi connectivity index (χ0) is 15.1. The molecule has 1 aromatic rings. The Hall–Kier alpha value is -1.96. The predicted octanol–water partition coefficient (Wildman–Crippen LogP) is 0.328. The van der Waals surface area contributed by atoms with Crippen LogP contribution in [0, 0.1) is 10.1 Å². The standard InChI is InChI=1S/C12H20N4O4/c1-3-5-13-6-8-15-11(17)10(16(19)20)9-14(7-4-2)12(15)18/h9,13H,3-8H2,1-2H3. The van der Waals surface area contributed by atoms with Gasteiger partial charge in [-0.2, -0.15) is 0 Å². The third-order valence-electron chi connectivity index (χ3n) is 2.82. The molecule has 1 aromatic heterocycles. The van der Waals surface area contributed by atoms with Gasteiger partial charge in [-0.05, 0) is 19.4 Å². The van der Waals surface area contributed by atoms with Crippen LogP contribution in [0.5, 0.6) is 0 Å². The van der Waals surface area contributed by atoms with Gasteiger partial charge in [0.25, 0.3) is 0 Å². The van der Waals surface area contributed by atoms with Crippen molar-refractivity contribution >= 4 is 5.69 Å². The van der Waals surface area contributed by atoms with Gasteiger partial charge in [-0.15, -0.1) is 0 Å². The van der Waals surface area contributed by atoms with Crippen molar-refractivity contribution in [2.24, 2.45) is 0 Å². The minimum absolute atomic E-state index is 0.128. The van der Waals surface area contributed by atoms with E-state index in [0.717, 1.165) is 23.7 Å². The molecule has 0 spiro atoms. The molecule has 8 heteroatoms. The van der Waals surface area contributed by atoms with E-state index in [1.165, 1.54) is 4.57 Å². The van der Waals surface area contributed by atoms with Gasteiger partial charge in [0.1, 0.15) is 0 Å². The van der Waals surface area contributed by atoms with Crippen molar-refractivity contribution < 1.29 is 4.92 Å². The number of nitrogens with zero attached hydrogens (tertiary/aromatic N) is 3. The van der Waals surface area contributed by atoms with Crippen LogP contribution in [0.3, 0.4) is 0 Å². The summed E-state index contributed by atoms with van der Waals surface area (Å²) in [6, 6.07) is 0. The van der Waals surface area contributed by atoms with E-state index in [1.807, 2.05) is 13.8 Å². The number of hydrogen-bond acceptors (Lipinski definition) is 5. The molecule has 1 N–H and O–H groups in total. The molecule has 1 rings (SSSR count). The lowest BCUT2D eigenvalue weighted by atomic mass is 10.4. The van der Waals surface area contributed by atoms with Gasteiger partial charge < -0.3 is 5.32 Å². The molecule has 0 radical (unpaired) electrons. The van der Waals surface area contributed by atoms with Gasteiger partial charge >= 0.3 is 16.9 Å². The lowest BCUT2D eigenvalue weighted by molar-refractivity contribution is -0.387. The molecular formula is C12H20N4O4. The van der Waals surface area contributed by atoms with Crippen LogP contribution in [0.4, 0.5) is 5.69 Å². The summed E-state index contributed by atoms with van der Waals surface area (Å²) in [7, 11) is 0. The normalized spacial score (nSPS) is 10.7. The Morgan fingerprint density at radius 2 is 1.90 bits per heavy atom. The Labute approximate surface area is 116 Å². The highest BCUT2D eigenvalue weighted by molar-refractivity contribution is 5.21. The van der Waals surface area contributed by atoms with E-state index in [9.17, 15) is 19.7 Å². The van der Waals surface area contributed by atoms with Crippen LogP contribution in [0.1, 0.15) is 26.7 Å². The number of aromatic nitrogens is 2. The number of rotatable bonds is 8. The van der Waals surface area contributed by atoms with E-state index in [-0.39, 0.29) is 6.54 Å². The molecule has 0 aromatic carbocycles. The second-order valence-corrected chi connectivity index (χ2v) is 4.45. The fraction of sp³-hybridized carbons (Fsp3) is 0.667. The molecule has 0 bridgehead atoms. The van der Waals surface area contributed by atoms with Crippen LogP contribution in [0.2, 0.25) is 0 Å². The molecule has 0 fully saturated rings. The Balaban J connectivity index is 3.15. The van der Waals surface area contributed by atoms with E-state index in [4.69, 9.17) is 0 Å². The van der Waals surface area contributed by atoms with Crippen molar-refractivity contribution in [1.82, 2.24) is 14.5 Å². The van der Waals surface area contributed by atoms with Gasteiger partial charge in [0.05, 0.1) is 11.1 Å². The molecule has 112 valence electrons. The van der Waals surface area contributed by atoms with Gasteiger partial charge in [-0.3, -0.25) is 24.0 Å². The third kappa shape index (κ3) is 3.77. The number of hydrogen-bond donors (Lipinski definition) is 1. The van der Waals surface area contributed by atoms with Crippen LogP contribution in [-0.4, -0.2) is 27.1 Å². The Bertz CT molecular complexity index is 576. The largest absolute Gasteiger partial charge is 0.350 e.